The van der Waals surface area contributed by atoms with Gasteiger partial charge >= 0.3 is 6.09 Å². The topological polar surface area (TPSA) is 66.3 Å². The van der Waals surface area contributed by atoms with Crippen molar-refractivity contribution in [3.63, 3.8) is 0 Å². The fourth-order valence-electron chi connectivity index (χ4n) is 3.46. The van der Waals surface area contributed by atoms with Crippen LogP contribution in [-0.2, 0) is 0 Å². The fraction of sp³-hybridized carbons (Fsp3) is 0.357. The molecule has 4 rings (SSSR count). The van der Waals surface area contributed by atoms with Gasteiger partial charge in [0.25, 0.3) is 0 Å². The van der Waals surface area contributed by atoms with E-state index in [2.05, 4.69) is 22.1 Å². The largest absolute Gasteiger partial charge is 0.465 e. The monoisotopic (exact) mass is 255 g/mol. The molecular weight excluding hydrogens is 242 g/mol. The predicted molar refractivity (Wildman–Crippen MR) is 69.2 cm³/mol. The van der Waals surface area contributed by atoms with Crippen LogP contribution in [0.25, 0.3) is 11.0 Å². The lowest BCUT2D eigenvalue weighted by molar-refractivity contribution is 0.129. The number of hydrogen-bond donors (Lipinski definition) is 1. The zero-order valence-corrected chi connectivity index (χ0v) is 10.3. The third kappa shape index (κ3) is 1.51. The van der Waals surface area contributed by atoms with Crippen molar-refractivity contribution in [1.29, 1.82) is 0 Å². The quantitative estimate of drug-likeness (QED) is 0.783. The summed E-state index contributed by atoms with van der Waals surface area (Å²) in [6, 6.07) is 4.18. The summed E-state index contributed by atoms with van der Waals surface area (Å²) < 4.78 is 0. The molecule has 1 fully saturated rings. The van der Waals surface area contributed by atoms with Crippen molar-refractivity contribution in [2.45, 2.75) is 18.3 Å². The summed E-state index contributed by atoms with van der Waals surface area (Å²) in [4.78, 5) is 21.4. The third-order valence-electron chi connectivity index (χ3n) is 4.27. The van der Waals surface area contributed by atoms with E-state index in [1.165, 1.54) is 16.0 Å². The molecule has 5 nitrogen and oxygen atoms in total. The van der Waals surface area contributed by atoms with Crippen LogP contribution in [0.3, 0.4) is 0 Å². The lowest BCUT2D eigenvalue weighted by Gasteiger charge is -2.29. The number of fused-ring (bicyclic) bond motifs is 6. The number of likely N-dealkylation sites (tertiary alicyclic amines) is 1. The minimum Gasteiger partial charge on any atom is -0.465 e. The maximum Gasteiger partial charge on any atom is 0.407 e. The van der Waals surface area contributed by atoms with Gasteiger partial charge in [-0.05, 0) is 29.7 Å². The Labute approximate surface area is 109 Å². The Morgan fingerprint density at radius 2 is 1.63 bits per heavy atom. The molecule has 2 aliphatic rings. The molecule has 1 saturated heterocycles. The van der Waals surface area contributed by atoms with Crippen LogP contribution in [0, 0.1) is 0 Å². The molecule has 19 heavy (non-hydrogen) atoms. The van der Waals surface area contributed by atoms with E-state index < -0.39 is 6.09 Å². The van der Waals surface area contributed by atoms with Crippen molar-refractivity contribution >= 4 is 17.1 Å². The summed E-state index contributed by atoms with van der Waals surface area (Å²) in [5, 5.41) is 9.17. The number of benzene rings is 1. The highest BCUT2D eigenvalue weighted by atomic mass is 16.4. The number of aromatic nitrogens is 2. The Morgan fingerprint density at radius 3 is 2.11 bits per heavy atom. The summed E-state index contributed by atoms with van der Waals surface area (Å²) in [5.74, 6) is 0.632. The Kier molecular flexibility index (Phi) is 2.07. The fourth-order valence-corrected chi connectivity index (χ4v) is 3.46. The summed E-state index contributed by atoms with van der Waals surface area (Å²) in [7, 11) is 0. The molecule has 2 aromatic rings. The zero-order valence-electron chi connectivity index (χ0n) is 10.3. The van der Waals surface area contributed by atoms with Crippen LogP contribution in [0.2, 0.25) is 0 Å². The molecule has 2 unspecified atom stereocenters. The second-order valence-corrected chi connectivity index (χ2v) is 5.34. The third-order valence-corrected chi connectivity index (χ3v) is 4.27. The van der Waals surface area contributed by atoms with E-state index in [1.807, 2.05) is 0 Å². The van der Waals surface area contributed by atoms with Crippen LogP contribution in [0.1, 0.15) is 29.4 Å². The van der Waals surface area contributed by atoms with Crippen molar-refractivity contribution in [2.24, 2.45) is 0 Å². The highest BCUT2D eigenvalue weighted by molar-refractivity contribution is 5.77. The van der Waals surface area contributed by atoms with Gasteiger partial charge in [0.05, 0.1) is 11.0 Å². The molecule has 1 amide bonds. The second kappa shape index (κ2) is 3.66. The SMILES string of the molecule is O=C(O)N1CC2CC(C1)c1cc3nccnc3cc12. The first-order chi connectivity index (χ1) is 9.22. The van der Waals surface area contributed by atoms with Crippen LogP contribution in [0.4, 0.5) is 4.79 Å². The summed E-state index contributed by atoms with van der Waals surface area (Å²) in [6.07, 6.45) is 3.62. The smallest absolute Gasteiger partial charge is 0.407 e. The van der Waals surface area contributed by atoms with Crippen molar-refractivity contribution < 1.29 is 9.90 Å². The molecule has 2 heterocycles. The second-order valence-electron chi connectivity index (χ2n) is 5.34. The summed E-state index contributed by atoms with van der Waals surface area (Å²) in [5.41, 5.74) is 4.33. The van der Waals surface area contributed by atoms with Gasteiger partial charge in [0.2, 0.25) is 0 Å². The molecule has 1 aliphatic heterocycles. The first-order valence-corrected chi connectivity index (χ1v) is 6.45. The molecule has 0 saturated carbocycles. The number of carbonyl (C=O) groups is 1. The van der Waals surface area contributed by atoms with Crippen LogP contribution < -0.4 is 0 Å². The number of carboxylic acid groups (broad SMARTS) is 1. The molecule has 1 aromatic carbocycles. The standard InChI is InChI=1S/C14H13N3O2/c18-14(19)17-6-8-3-9(7-17)11-5-13-12(4-10(8)11)15-1-2-16-13/h1-2,4-5,8-9H,3,6-7H2,(H,18,19). The summed E-state index contributed by atoms with van der Waals surface area (Å²) >= 11 is 0. The highest BCUT2D eigenvalue weighted by Gasteiger charge is 2.39. The minimum absolute atomic E-state index is 0.316. The van der Waals surface area contributed by atoms with E-state index in [0.29, 0.717) is 24.9 Å². The van der Waals surface area contributed by atoms with E-state index in [-0.39, 0.29) is 0 Å². The lowest BCUT2D eigenvalue weighted by Crippen LogP contribution is -2.38. The molecule has 2 bridgehead atoms. The maximum absolute atomic E-state index is 11.2. The number of rotatable bonds is 0. The number of hydrogen-bond acceptors (Lipinski definition) is 3. The lowest BCUT2D eigenvalue weighted by atomic mass is 9.96. The number of amides is 1. The molecular formula is C14H13N3O2. The minimum atomic E-state index is -0.816. The average molecular weight is 255 g/mol. The number of nitrogens with zero attached hydrogens (tertiary/aromatic N) is 3. The van der Waals surface area contributed by atoms with Crippen molar-refractivity contribution in [3.8, 4) is 0 Å². The Hall–Kier alpha value is -2.17. The van der Waals surface area contributed by atoms with Crippen molar-refractivity contribution in [1.82, 2.24) is 14.9 Å². The molecule has 0 spiro atoms. The van der Waals surface area contributed by atoms with Gasteiger partial charge in [-0.2, -0.15) is 0 Å². The first kappa shape index (κ1) is 10.7. The molecule has 1 aromatic heterocycles. The van der Waals surface area contributed by atoms with E-state index in [9.17, 15) is 9.90 Å². The maximum atomic E-state index is 11.2. The molecule has 2 atom stereocenters. The average Bonchev–Trinajstić information content (AvgIpc) is 2.67. The zero-order chi connectivity index (χ0) is 13.0. The van der Waals surface area contributed by atoms with Crippen LogP contribution in [0.15, 0.2) is 24.5 Å². The first-order valence-electron chi connectivity index (χ1n) is 6.45. The normalized spacial score (nSPS) is 24.5. The number of piperidine rings is 1. The van der Waals surface area contributed by atoms with Crippen molar-refractivity contribution in [3.05, 3.63) is 35.7 Å². The van der Waals surface area contributed by atoms with Gasteiger partial charge in [0.1, 0.15) is 0 Å². The van der Waals surface area contributed by atoms with E-state index in [4.69, 9.17) is 0 Å². The highest BCUT2D eigenvalue weighted by Crippen LogP contribution is 2.46. The Morgan fingerprint density at radius 1 is 1.11 bits per heavy atom. The van der Waals surface area contributed by atoms with Gasteiger partial charge in [0, 0.05) is 37.3 Å². The van der Waals surface area contributed by atoms with Gasteiger partial charge in [0.15, 0.2) is 0 Å². The van der Waals surface area contributed by atoms with Gasteiger partial charge in [-0.25, -0.2) is 4.79 Å². The van der Waals surface area contributed by atoms with Gasteiger partial charge in [-0.3, -0.25) is 9.97 Å². The summed E-state index contributed by atoms with van der Waals surface area (Å²) in [6.45, 7) is 1.20. The van der Waals surface area contributed by atoms with E-state index >= 15 is 0 Å². The Bertz CT molecular complexity index is 635. The molecule has 1 aliphatic carbocycles. The van der Waals surface area contributed by atoms with Gasteiger partial charge < -0.3 is 10.0 Å². The van der Waals surface area contributed by atoms with E-state index in [1.54, 1.807) is 12.4 Å². The van der Waals surface area contributed by atoms with Crippen LogP contribution in [0.5, 0.6) is 0 Å². The predicted octanol–water partition coefficient (Wildman–Crippen LogP) is 2.19. The molecule has 5 heteroatoms. The van der Waals surface area contributed by atoms with Crippen LogP contribution >= 0.6 is 0 Å². The van der Waals surface area contributed by atoms with Gasteiger partial charge in [-0.1, -0.05) is 0 Å². The molecule has 1 N–H and O–H groups in total. The van der Waals surface area contributed by atoms with Crippen LogP contribution in [-0.4, -0.2) is 39.2 Å². The van der Waals surface area contributed by atoms with E-state index in [0.717, 1.165) is 17.5 Å². The molecule has 96 valence electrons. The molecule has 0 radical (unpaired) electrons. The Balaban J connectivity index is 1.85. The van der Waals surface area contributed by atoms with Gasteiger partial charge in [-0.15, -0.1) is 0 Å². The van der Waals surface area contributed by atoms with Crippen molar-refractivity contribution in [2.75, 3.05) is 13.1 Å².